The Morgan fingerprint density at radius 1 is 1.27 bits per heavy atom. The van der Waals surface area contributed by atoms with Crippen molar-refractivity contribution >= 4 is 41.7 Å². The van der Waals surface area contributed by atoms with Gasteiger partial charge in [0.1, 0.15) is 0 Å². The first kappa shape index (κ1) is 20.4. The molecule has 0 radical (unpaired) electrons. The van der Waals surface area contributed by atoms with Crippen LogP contribution in [0.4, 0.5) is 0 Å². The Balaban J connectivity index is 0.00000242. The van der Waals surface area contributed by atoms with E-state index in [9.17, 15) is 0 Å². The second-order valence-electron chi connectivity index (χ2n) is 7.07. The van der Waals surface area contributed by atoms with Gasteiger partial charge in [-0.25, -0.2) is 0 Å². The number of hydrogen-bond acceptors (Lipinski definition) is 3. The highest BCUT2D eigenvalue weighted by atomic mass is 127. The van der Waals surface area contributed by atoms with E-state index in [4.69, 9.17) is 0 Å². The third-order valence-electron chi connectivity index (χ3n) is 4.31. The van der Waals surface area contributed by atoms with Crippen molar-refractivity contribution < 1.29 is 0 Å². The lowest BCUT2D eigenvalue weighted by molar-refractivity contribution is 0.285. The van der Waals surface area contributed by atoms with Gasteiger partial charge in [-0.15, -0.1) is 24.0 Å². The maximum Gasteiger partial charge on any atom is 0.193 e. The molecule has 0 aromatic carbocycles. The SMILES string of the molecule is CN=C(NCC(C)CN1CCCC1)N1CCSC(C)(C)C1.I. The van der Waals surface area contributed by atoms with Gasteiger partial charge in [0.15, 0.2) is 5.96 Å². The molecule has 0 amide bonds. The van der Waals surface area contributed by atoms with Crippen LogP contribution in [-0.2, 0) is 0 Å². The number of nitrogens with one attached hydrogen (secondary N) is 1. The lowest BCUT2D eigenvalue weighted by atomic mass is 10.1. The summed E-state index contributed by atoms with van der Waals surface area (Å²) < 4.78 is 0.330. The quantitative estimate of drug-likeness (QED) is 0.414. The zero-order chi connectivity index (χ0) is 15.3. The molecule has 2 saturated heterocycles. The van der Waals surface area contributed by atoms with Crippen LogP contribution in [0.5, 0.6) is 0 Å². The van der Waals surface area contributed by atoms with E-state index in [1.165, 1.54) is 38.2 Å². The number of hydrogen-bond donors (Lipinski definition) is 1. The van der Waals surface area contributed by atoms with Crippen LogP contribution in [0, 0.1) is 5.92 Å². The summed E-state index contributed by atoms with van der Waals surface area (Å²) >= 11 is 2.07. The Bertz CT molecular complexity index is 356. The van der Waals surface area contributed by atoms with Gasteiger partial charge in [0.25, 0.3) is 0 Å². The normalized spacial score (nSPS) is 24.0. The summed E-state index contributed by atoms with van der Waals surface area (Å²) in [6.45, 7) is 14.0. The van der Waals surface area contributed by atoms with Gasteiger partial charge in [0, 0.05) is 43.7 Å². The molecule has 2 rings (SSSR count). The van der Waals surface area contributed by atoms with Crippen LogP contribution in [0.15, 0.2) is 4.99 Å². The fraction of sp³-hybridized carbons (Fsp3) is 0.938. The summed E-state index contributed by atoms with van der Waals surface area (Å²) in [5, 5.41) is 3.59. The number of thioether (sulfide) groups is 1. The number of halogens is 1. The average molecular weight is 440 g/mol. The fourth-order valence-electron chi connectivity index (χ4n) is 3.27. The molecule has 1 unspecified atom stereocenters. The van der Waals surface area contributed by atoms with E-state index < -0.39 is 0 Å². The van der Waals surface area contributed by atoms with Gasteiger partial charge < -0.3 is 15.1 Å². The van der Waals surface area contributed by atoms with Gasteiger partial charge in [0.05, 0.1) is 0 Å². The highest BCUT2D eigenvalue weighted by molar-refractivity contribution is 14.0. The van der Waals surface area contributed by atoms with Crippen molar-refractivity contribution in [1.82, 2.24) is 15.1 Å². The van der Waals surface area contributed by atoms with E-state index in [0.29, 0.717) is 10.7 Å². The second kappa shape index (κ2) is 9.57. The number of rotatable bonds is 4. The predicted octanol–water partition coefficient (Wildman–Crippen LogP) is 2.74. The van der Waals surface area contributed by atoms with Gasteiger partial charge in [-0.3, -0.25) is 4.99 Å². The van der Waals surface area contributed by atoms with E-state index >= 15 is 0 Å². The van der Waals surface area contributed by atoms with Crippen LogP contribution in [-0.4, -0.2) is 72.6 Å². The van der Waals surface area contributed by atoms with Crippen molar-refractivity contribution in [3.63, 3.8) is 0 Å². The molecule has 2 heterocycles. The number of likely N-dealkylation sites (tertiary alicyclic amines) is 1. The Morgan fingerprint density at radius 2 is 1.95 bits per heavy atom. The molecule has 2 aliphatic heterocycles. The van der Waals surface area contributed by atoms with Crippen LogP contribution in [0.3, 0.4) is 0 Å². The lowest BCUT2D eigenvalue weighted by Crippen LogP contribution is -2.51. The molecule has 130 valence electrons. The summed E-state index contributed by atoms with van der Waals surface area (Å²) in [7, 11) is 1.90. The highest BCUT2D eigenvalue weighted by Crippen LogP contribution is 2.29. The first-order valence-corrected chi connectivity index (χ1v) is 9.30. The van der Waals surface area contributed by atoms with Crippen LogP contribution in [0.1, 0.15) is 33.6 Å². The van der Waals surface area contributed by atoms with Crippen molar-refractivity contribution in [2.75, 3.05) is 52.1 Å². The minimum Gasteiger partial charge on any atom is -0.356 e. The van der Waals surface area contributed by atoms with Crippen molar-refractivity contribution in [3.05, 3.63) is 0 Å². The predicted molar refractivity (Wildman–Crippen MR) is 110 cm³/mol. The molecule has 6 heteroatoms. The molecule has 22 heavy (non-hydrogen) atoms. The van der Waals surface area contributed by atoms with Gasteiger partial charge in [-0.1, -0.05) is 6.92 Å². The van der Waals surface area contributed by atoms with Gasteiger partial charge in [-0.2, -0.15) is 11.8 Å². The topological polar surface area (TPSA) is 30.9 Å². The van der Waals surface area contributed by atoms with Crippen molar-refractivity contribution in [2.24, 2.45) is 10.9 Å². The molecule has 0 saturated carbocycles. The molecule has 1 N–H and O–H groups in total. The van der Waals surface area contributed by atoms with Crippen molar-refractivity contribution in [1.29, 1.82) is 0 Å². The van der Waals surface area contributed by atoms with Gasteiger partial charge in [0.2, 0.25) is 0 Å². The maximum atomic E-state index is 4.49. The first-order chi connectivity index (χ1) is 10.00. The molecular formula is C16H33IN4S. The molecular weight excluding hydrogens is 407 g/mol. The van der Waals surface area contributed by atoms with E-state index in [1.54, 1.807) is 0 Å². The lowest BCUT2D eigenvalue weighted by Gasteiger charge is -2.39. The van der Waals surface area contributed by atoms with Crippen LogP contribution >= 0.6 is 35.7 Å². The smallest absolute Gasteiger partial charge is 0.193 e. The van der Waals surface area contributed by atoms with Crippen LogP contribution < -0.4 is 5.32 Å². The zero-order valence-corrected chi connectivity index (χ0v) is 17.7. The molecule has 0 spiro atoms. The minimum atomic E-state index is 0. The standard InChI is InChI=1S/C16H32N4S.HI/c1-14(12-19-7-5-6-8-19)11-18-15(17-4)20-9-10-21-16(2,3)13-20;/h14H,5-13H2,1-4H3,(H,17,18);1H. The minimum absolute atomic E-state index is 0. The molecule has 0 aliphatic carbocycles. The largest absolute Gasteiger partial charge is 0.356 e. The summed E-state index contributed by atoms with van der Waals surface area (Å²) in [5.41, 5.74) is 0. The van der Waals surface area contributed by atoms with E-state index in [-0.39, 0.29) is 24.0 Å². The maximum absolute atomic E-state index is 4.49. The third kappa shape index (κ3) is 6.43. The van der Waals surface area contributed by atoms with Gasteiger partial charge >= 0.3 is 0 Å². The van der Waals surface area contributed by atoms with E-state index in [2.05, 4.69) is 52.6 Å². The first-order valence-electron chi connectivity index (χ1n) is 8.32. The van der Waals surface area contributed by atoms with Crippen LogP contribution in [0.25, 0.3) is 0 Å². The average Bonchev–Trinajstić information content (AvgIpc) is 2.91. The van der Waals surface area contributed by atoms with Crippen LogP contribution in [0.2, 0.25) is 0 Å². The number of nitrogens with zero attached hydrogens (tertiary/aromatic N) is 3. The molecule has 1 atom stereocenters. The summed E-state index contributed by atoms with van der Waals surface area (Å²) in [4.78, 5) is 9.50. The molecule has 2 aliphatic rings. The summed E-state index contributed by atoms with van der Waals surface area (Å²) in [6, 6.07) is 0. The van der Waals surface area contributed by atoms with Crippen molar-refractivity contribution in [3.8, 4) is 0 Å². The summed E-state index contributed by atoms with van der Waals surface area (Å²) in [5.74, 6) is 2.94. The fourth-order valence-corrected chi connectivity index (χ4v) is 4.38. The third-order valence-corrected chi connectivity index (χ3v) is 5.61. The van der Waals surface area contributed by atoms with E-state index in [1.807, 2.05) is 7.05 Å². The number of aliphatic imine (C=N–C) groups is 1. The van der Waals surface area contributed by atoms with Crippen molar-refractivity contribution in [2.45, 2.75) is 38.4 Å². The Hall–Kier alpha value is 0.310. The highest BCUT2D eigenvalue weighted by Gasteiger charge is 2.28. The Kier molecular flexibility index (Phi) is 8.85. The second-order valence-corrected chi connectivity index (χ2v) is 8.87. The van der Waals surface area contributed by atoms with E-state index in [0.717, 1.165) is 25.6 Å². The Morgan fingerprint density at radius 3 is 2.55 bits per heavy atom. The monoisotopic (exact) mass is 440 g/mol. The summed E-state index contributed by atoms with van der Waals surface area (Å²) in [6.07, 6.45) is 2.75. The molecule has 0 aromatic rings. The molecule has 4 nitrogen and oxygen atoms in total. The Labute approximate surface area is 157 Å². The zero-order valence-electron chi connectivity index (χ0n) is 14.6. The molecule has 0 bridgehead atoms. The molecule has 0 aromatic heterocycles. The number of guanidine groups is 1. The molecule has 2 fully saturated rings. The van der Waals surface area contributed by atoms with Gasteiger partial charge in [-0.05, 0) is 45.7 Å².